The minimum atomic E-state index is -0.161. The highest BCUT2D eigenvalue weighted by atomic mass is 16.1. The van der Waals surface area contributed by atoms with E-state index in [1.807, 2.05) is 30.3 Å². The van der Waals surface area contributed by atoms with Crippen LogP contribution in [0, 0.1) is 0 Å². The van der Waals surface area contributed by atoms with Crippen LogP contribution in [-0.2, 0) is 4.79 Å². The first-order chi connectivity index (χ1) is 7.27. The molecule has 0 aliphatic carbocycles. The van der Waals surface area contributed by atoms with Crippen LogP contribution in [0.25, 0.3) is 0 Å². The van der Waals surface area contributed by atoms with Crippen molar-refractivity contribution in [2.24, 2.45) is 0 Å². The van der Waals surface area contributed by atoms with E-state index in [-0.39, 0.29) is 11.9 Å². The Bertz CT molecular complexity index is 343. The molecule has 2 nitrogen and oxygen atoms in total. The molecule has 0 spiro atoms. The zero-order valence-electron chi connectivity index (χ0n) is 8.65. The highest BCUT2D eigenvalue weighted by molar-refractivity contribution is 5.87. The van der Waals surface area contributed by atoms with Crippen LogP contribution in [-0.4, -0.2) is 5.91 Å². The number of carbonyl (C=O) groups excluding carboxylic acids is 1. The molecule has 1 atom stereocenters. The maximum absolute atomic E-state index is 11.2. The van der Waals surface area contributed by atoms with Crippen molar-refractivity contribution < 1.29 is 4.79 Å². The van der Waals surface area contributed by atoms with Crippen LogP contribution < -0.4 is 5.32 Å². The van der Waals surface area contributed by atoms with Gasteiger partial charge in [0, 0.05) is 0 Å². The molecule has 0 aliphatic rings. The SMILES string of the molecule is C=CCC(NC(=O)C=C)c1ccccc1. The second-order valence-electron chi connectivity index (χ2n) is 3.20. The second kappa shape index (κ2) is 5.81. The van der Waals surface area contributed by atoms with Crippen molar-refractivity contribution in [3.05, 3.63) is 61.2 Å². The van der Waals surface area contributed by atoms with Crippen molar-refractivity contribution in [2.45, 2.75) is 12.5 Å². The monoisotopic (exact) mass is 201 g/mol. The molecule has 1 amide bonds. The first kappa shape index (κ1) is 11.2. The third-order valence-corrected chi connectivity index (χ3v) is 2.11. The van der Waals surface area contributed by atoms with E-state index >= 15 is 0 Å². The van der Waals surface area contributed by atoms with E-state index in [1.54, 1.807) is 6.08 Å². The van der Waals surface area contributed by atoms with Crippen molar-refractivity contribution in [3.8, 4) is 0 Å². The predicted octanol–water partition coefficient (Wildman–Crippen LogP) is 2.61. The molecule has 1 aromatic carbocycles. The number of hydrogen-bond acceptors (Lipinski definition) is 1. The summed E-state index contributed by atoms with van der Waals surface area (Å²) in [6.07, 6.45) is 3.78. The first-order valence-electron chi connectivity index (χ1n) is 4.86. The quantitative estimate of drug-likeness (QED) is 0.576. The van der Waals surface area contributed by atoms with Gasteiger partial charge < -0.3 is 5.32 Å². The number of nitrogens with one attached hydrogen (secondary N) is 1. The Morgan fingerprint density at radius 1 is 1.33 bits per heavy atom. The number of benzene rings is 1. The van der Waals surface area contributed by atoms with E-state index in [4.69, 9.17) is 0 Å². The summed E-state index contributed by atoms with van der Waals surface area (Å²) in [6.45, 7) is 7.11. The highest BCUT2D eigenvalue weighted by Crippen LogP contribution is 2.16. The van der Waals surface area contributed by atoms with Crippen LogP contribution in [0.15, 0.2) is 55.6 Å². The molecule has 1 N–H and O–H groups in total. The van der Waals surface area contributed by atoms with E-state index < -0.39 is 0 Å². The zero-order valence-corrected chi connectivity index (χ0v) is 8.65. The zero-order chi connectivity index (χ0) is 11.1. The summed E-state index contributed by atoms with van der Waals surface area (Å²) in [6, 6.07) is 9.80. The average molecular weight is 201 g/mol. The maximum atomic E-state index is 11.2. The molecule has 1 rings (SSSR count). The largest absolute Gasteiger partial charge is 0.345 e. The lowest BCUT2D eigenvalue weighted by Gasteiger charge is -2.16. The normalized spacial score (nSPS) is 11.5. The molecule has 0 saturated carbocycles. The van der Waals surface area contributed by atoms with E-state index in [1.165, 1.54) is 6.08 Å². The van der Waals surface area contributed by atoms with Crippen LogP contribution in [0.3, 0.4) is 0 Å². The fourth-order valence-electron chi connectivity index (χ4n) is 1.36. The molecule has 0 aromatic heterocycles. The summed E-state index contributed by atoms with van der Waals surface area (Å²) in [4.78, 5) is 11.2. The van der Waals surface area contributed by atoms with Gasteiger partial charge in [0.15, 0.2) is 0 Å². The van der Waals surface area contributed by atoms with Crippen LogP contribution in [0.1, 0.15) is 18.0 Å². The van der Waals surface area contributed by atoms with E-state index in [0.717, 1.165) is 5.56 Å². The van der Waals surface area contributed by atoms with Gasteiger partial charge in [-0.3, -0.25) is 4.79 Å². The molecule has 0 fully saturated rings. The van der Waals surface area contributed by atoms with Gasteiger partial charge in [0.2, 0.25) is 5.91 Å². The number of carbonyl (C=O) groups is 1. The summed E-state index contributed by atoms with van der Waals surface area (Å²) in [5.74, 6) is -0.161. The summed E-state index contributed by atoms with van der Waals surface area (Å²) in [5, 5.41) is 2.86. The smallest absolute Gasteiger partial charge is 0.243 e. The third kappa shape index (κ3) is 3.43. The van der Waals surface area contributed by atoms with E-state index in [2.05, 4.69) is 18.5 Å². The molecule has 0 radical (unpaired) electrons. The van der Waals surface area contributed by atoms with Gasteiger partial charge in [-0.15, -0.1) is 6.58 Å². The highest BCUT2D eigenvalue weighted by Gasteiger charge is 2.10. The van der Waals surface area contributed by atoms with Gasteiger partial charge in [-0.2, -0.15) is 0 Å². The van der Waals surface area contributed by atoms with Crippen molar-refractivity contribution in [3.63, 3.8) is 0 Å². The van der Waals surface area contributed by atoms with Crippen molar-refractivity contribution in [1.82, 2.24) is 5.32 Å². The Morgan fingerprint density at radius 3 is 2.53 bits per heavy atom. The fourth-order valence-corrected chi connectivity index (χ4v) is 1.36. The third-order valence-electron chi connectivity index (χ3n) is 2.11. The van der Waals surface area contributed by atoms with Gasteiger partial charge in [0.1, 0.15) is 0 Å². The molecular weight excluding hydrogens is 186 g/mol. The summed E-state index contributed by atoms with van der Waals surface area (Å²) >= 11 is 0. The fraction of sp³-hybridized carbons (Fsp3) is 0.154. The summed E-state index contributed by atoms with van der Waals surface area (Å²) < 4.78 is 0. The topological polar surface area (TPSA) is 29.1 Å². The molecule has 0 heterocycles. The van der Waals surface area contributed by atoms with E-state index in [9.17, 15) is 4.79 Å². The number of hydrogen-bond donors (Lipinski definition) is 1. The molecule has 0 bridgehead atoms. The van der Waals surface area contributed by atoms with Crippen molar-refractivity contribution in [2.75, 3.05) is 0 Å². The lowest BCUT2D eigenvalue weighted by Crippen LogP contribution is -2.26. The molecule has 0 saturated heterocycles. The first-order valence-corrected chi connectivity index (χ1v) is 4.86. The van der Waals surface area contributed by atoms with Crippen LogP contribution in [0.2, 0.25) is 0 Å². The number of amides is 1. The molecule has 2 heteroatoms. The van der Waals surface area contributed by atoms with Gasteiger partial charge >= 0.3 is 0 Å². The Balaban J connectivity index is 2.78. The van der Waals surface area contributed by atoms with Gasteiger partial charge in [-0.05, 0) is 18.1 Å². The summed E-state index contributed by atoms with van der Waals surface area (Å²) in [5.41, 5.74) is 1.08. The summed E-state index contributed by atoms with van der Waals surface area (Å²) in [7, 11) is 0. The molecule has 0 aliphatic heterocycles. The maximum Gasteiger partial charge on any atom is 0.243 e. The standard InChI is InChI=1S/C13H15NO/c1-3-8-12(14-13(15)4-2)11-9-6-5-7-10-11/h3-7,9-10,12H,1-2,8H2,(H,14,15). The van der Waals surface area contributed by atoms with Gasteiger partial charge in [0.25, 0.3) is 0 Å². The van der Waals surface area contributed by atoms with Gasteiger partial charge in [0.05, 0.1) is 6.04 Å². The Morgan fingerprint density at radius 2 is 2.00 bits per heavy atom. The molecule has 78 valence electrons. The Kier molecular flexibility index (Phi) is 4.35. The Hall–Kier alpha value is -1.83. The van der Waals surface area contributed by atoms with Gasteiger partial charge in [-0.1, -0.05) is 43.0 Å². The molecule has 1 aromatic rings. The molecule has 15 heavy (non-hydrogen) atoms. The van der Waals surface area contributed by atoms with Crippen molar-refractivity contribution in [1.29, 1.82) is 0 Å². The second-order valence-corrected chi connectivity index (χ2v) is 3.20. The molecular formula is C13H15NO. The predicted molar refractivity (Wildman–Crippen MR) is 62.3 cm³/mol. The minimum Gasteiger partial charge on any atom is -0.345 e. The van der Waals surface area contributed by atoms with Crippen LogP contribution >= 0.6 is 0 Å². The van der Waals surface area contributed by atoms with Crippen LogP contribution in [0.4, 0.5) is 0 Å². The van der Waals surface area contributed by atoms with Crippen molar-refractivity contribution >= 4 is 5.91 Å². The lowest BCUT2D eigenvalue weighted by atomic mass is 10.0. The average Bonchev–Trinajstić information content (AvgIpc) is 2.29. The number of rotatable bonds is 5. The Labute approximate surface area is 90.3 Å². The van der Waals surface area contributed by atoms with Crippen LogP contribution in [0.5, 0.6) is 0 Å². The van der Waals surface area contributed by atoms with E-state index in [0.29, 0.717) is 6.42 Å². The minimum absolute atomic E-state index is 0.0193. The van der Waals surface area contributed by atoms with Gasteiger partial charge in [-0.25, -0.2) is 0 Å². The molecule has 1 unspecified atom stereocenters. The lowest BCUT2D eigenvalue weighted by molar-refractivity contribution is -0.117.